The van der Waals surface area contributed by atoms with Gasteiger partial charge in [-0.3, -0.25) is 4.79 Å². The molecule has 2 aromatic rings. The second-order valence-corrected chi connectivity index (χ2v) is 6.39. The lowest BCUT2D eigenvalue weighted by atomic mass is 9.99. The van der Waals surface area contributed by atoms with Crippen LogP contribution in [0.4, 0.5) is 10.1 Å². The van der Waals surface area contributed by atoms with Crippen molar-refractivity contribution in [3.05, 3.63) is 47.8 Å². The Hall–Kier alpha value is -2.36. The highest BCUT2D eigenvalue weighted by atomic mass is 19.1. The van der Waals surface area contributed by atoms with Crippen molar-refractivity contribution in [1.29, 1.82) is 0 Å². The topological polar surface area (TPSA) is 38.3 Å². The Balaban J connectivity index is 1.91. The van der Waals surface area contributed by atoms with Gasteiger partial charge in [0.2, 0.25) is 5.91 Å². The summed E-state index contributed by atoms with van der Waals surface area (Å²) in [4.78, 5) is 12.2. The van der Waals surface area contributed by atoms with Gasteiger partial charge in [0, 0.05) is 11.1 Å². The lowest BCUT2D eigenvalue weighted by molar-refractivity contribution is -0.120. The quantitative estimate of drug-likeness (QED) is 0.899. The number of methoxy groups -OCH3 is 1. The molecule has 120 valence electrons. The highest BCUT2D eigenvalue weighted by molar-refractivity contribution is 5.97. The van der Waals surface area contributed by atoms with Crippen LogP contribution in [0, 0.1) is 18.2 Å². The standard InChI is InChI=1S/C19H20FNO2/c1-12-4-6-14(21-18(22)19(2)8-9-19)11-15(12)13-5-7-17(23-3)16(20)10-13/h4-7,10-11H,8-9H2,1-3H3,(H,21,22). The van der Waals surface area contributed by atoms with Gasteiger partial charge in [-0.1, -0.05) is 19.1 Å². The summed E-state index contributed by atoms with van der Waals surface area (Å²) in [7, 11) is 1.44. The first-order valence-electron chi connectivity index (χ1n) is 7.69. The average Bonchev–Trinajstić information content (AvgIpc) is 3.28. The third kappa shape index (κ3) is 3.07. The Kier molecular flexibility index (Phi) is 3.84. The maximum Gasteiger partial charge on any atom is 0.230 e. The first-order chi connectivity index (χ1) is 10.9. The summed E-state index contributed by atoms with van der Waals surface area (Å²) in [6.45, 7) is 3.93. The Morgan fingerprint density at radius 2 is 1.96 bits per heavy atom. The van der Waals surface area contributed by atoms with Crippen molar-refractivity contribution in [3.63, 3.8) is 0 Å². The molecular formula is C19H20FNO2. The highest BCUT2D eigenvalue weighted by Crippen LogP contribution is 2.45. The number of carbonyl (C=O) groups excluding carboxylic acids is 1. The van der Waals surface area contributed by atoms with E-state index in [4.69, 9.17) is 4.74 Å². The molecule has 0 unspecified atom stereocenters. The van der Waals surface area contributed by atoms with Crippen LogP contribution in [0.3, 0.4) is 0 Å². The van der Waals surface area contributed by atoms with Crippen LogP contribution in [0.25, 0.3) is 11.1 Å². The molecule has 3 nitrogen and oxygen atoms in total. The van der Waals surface area contributed by atoms with Crippen molar-refractivity contribution in [3.8, 4) is 16.9 Å². The van der Waals surface area contributed by atoms with Crippen LogP contribution in [-0.2, 0) is 4.79 Å². The molecule has 1 N–H and O–H groups in total. The fourth-order valence-corrected chi connectivity index (χ4v) is 2.54. The van der Waals surface area contributed by atoms with Gasteiger partial charge in [-0.2, -0.15) is 0 Å². The number of aryl methyl sites for hydroxylation is 1. The number of carbonyl (C=O) groups is 1. The minimum Gasteiger partial charge on any atom is -0.494 e. The summed E-state index contributed by atoms with van der Waals surface area (Å²) < 4.78 is 18.9. The number of rotatable bonds is 4. The number of benzene rings is 2. The Morgan fingerprint density at radius 3 is 2.57 bits per heavy atom. The van der Waals surface area contributed by atoms with E-state index in [1.165, 1.54) is 13.2 Å². The lowest BCUT2D eigenvalue weighted by Gasteiger charge is -2.13. The minimum absolute atomic E-state index is 0.0493. The molecule has 23 heavy (non-hydrogen) atoms. The summed E-state index contributed by atoms with van der Waals surface area (Å²) in [5, 5.41) is 2.96. The summed E-state index contributed by atoms with van der Waals surface area (Å²) in [6, 6.07) is 10.6. The molecule has 0 spiro atoms. The van der Waals surface area contributed by atoms with E-state index >= 15 is 0 Å². The largest absolute Gasteiger partial charge is 0.494 e. The number of amides is 1. The second kappa shape index (κ2) is 5.69. The van der Waals surface area contributed by atoms with Gasteiger partial charge in [0.05, 0.1) is 7.11 Å². The van der Waals surface area contributed by atoms with Gasteiger partial charge in [-0.15, -0.1) is 0 Å². The summed E-state index contributed by atoms with van der Waals surface area (Å²) in [6.07, 6.45) is 1.86. The molecule has 3 rings (SSSR count). The molecule has 1 saturated carbocycles. The molecule has 1 fully saturated rings. The van der Waals surface area contributed by atoms with Crippen molar-refractivity contribution in [2.24, 2.45) is 5.41 Å². The molecule has 1 amide bonds. The molecule has 0 atom stereocenters. The van der Waals surface area contributed by atoms with E-state index in [0.29, 0.717) is 0 Å². The number of anilines is 1. The van der Waals surface area contributed by atoms with Gasteiger partial charge in [-0.05, 0) is 60.7 Å². The van der Waals surface area contributed by atoms with E-state index in [-0.39, 0.29) is 17.1 Å². The predicted octanol–water partition coefficient (Wildman–Crippen LogP) is 4.55. The monoisotopic (exact) mass is 313 g/mol. The van der Waals surface area contributed by atoms with Crippen molar-refractivity contribution < 1.29 is 13.9 Å². The van der Waals surface area contributed by atoms with Crippen LogP contribution in [0.1, 0.15) is 25.3 Å². The molecule has 0 aromatic heterocycles. The lowest BCUT2D eigenvalue weighted by Crippen LogP contribution is -2.21. The van der Waals surface area contributed by atoms with Crippen molar-refractivity contribution >= 4 is 11.6 Å². The Bertz CT molecular complexity index is 766. The average molecular weight is 313 g/mol. The molecule has 0 heterocycles. The van der Waals surface area contributed by atoms with Crippen molar-refractivity contribution in [2.45, 2.75) is 26.7 Å². The highest BCUT2D eigenvalue weighted by Gasteiger charge is 2.44. The molecule has 1 aliphatic carbocycles. The van der Waals surface area contributed by atoms with Crippen LogP contribution >= 0.6 is 0 Å². The summed E-state index contributed by atoms with van der Waals surface area (Å²) in [5.74, 6) is -0.130. The van der Waals surface area contributed by atoms with E-state index in [0.717, 1.165) is 35.2 Å². The van der Waals surface area contributed by atoms with Crippen LogP contribution in [0.2, 0.25) is 0 Å². The molecule has 0 radical (unpaired) electrons. The van der Waals surface area contributed by atoms with Crippen LogP contribution in [-0.4, -0.2) is 13.0 Å². The number of nitrogens with one attached hydrogen (secondary N) is 1. The number of hydrogen-bond acceptors (Lipinski definition) is 2. The van der Waals surface area contributed by atoms with Gasteiger partial charge >= 0.3 is 0 Å². The fourth-order valence-electron chi connectivity index (χ4n) is 2.54. The SMILES string of the molecule is COc1ccc(-c2cc(NC(=O)C3(C)CC3)ccc2C)cc1F. The van der Waals surface area contributed by atoms with Crippen LogP contribution in [0.5, 0.6) is 5.75 Å². The number of hydrogen-bond donors (Lipinski definition) is 1. The smallest absolute Gasteiger partial charge is 0.230 e. The zero-order valence-electron chi connectivity index (χ0n) is 13.6. The van der Waals surface area contributed by atoms with E-state index in [2.05, 4.69) is 5.32 Å². The molecule has 4 heteroatoms. The molecular weight excluding hydrogens is 293 g/mol. The van der Waals surface area contributed by atoms with Crippen LogP contribution < -0.4 is 10.1 Å². The minimum atomic E-state index is -0.399. The maximum absolute atomic E-state index is 13.9. The zero-order chi connectivity index (χ0) is 16.6. The normalized spacial score (nSPS) is 15.1. The third-order valence-corrected chi connectivity index (χ3v) is 4.51. The molecule has 0 aliphatic heterocycles. The number of halogens is 1. The van der Waals surface area contributed by atoms with E-state index in [9.17, 15) is 9.18 Å². The zero-order valence-corrected chi connectivity index (χ0v) is 13.6. The molecule has 1 aliphatic rings. The van der Waals surface area contributed by atoms with E-state index < -0.39 is 5.82 Å². The van der Waals surface area contributed by atoms with Crippen molar-refractivity contribution in [1.82, 2.24) is 0 Å². The van der Waals surface area contributed by atoms with Crippen molar-refractivity contribution in [2.75, 3.05) is 12.4 Å². The van der Waals surface area contributed by atoms with Gasteiger partial charge in [0.25, 0.3) is 0 Å². The molecule has 0 bridgehead atoms. The third-order valence-electron chi connectivity index (χ3n) is 4.51. The van der Waals surface area contributed by atoms with Gasteiger partial charge in [-0.25, -0.2) is 4.39 Å². The van der Waals surface area contributed by atoms with Gasteiger partial charge in [0.1, 0.15) is 0 Å². The van der Waals surface area contributed by atoms with Gasteiger partial charge < -0.3 is 10.1 Å². The Labute approximate surface area is 135 Å². The second-order valence-electron chi connectivity index (χ2n) is 6.39. The van der Waals surface area contributed by atoms with Gasteiger partial charge in [0.15, 0.2) is 11.6 Å². The first kappa shape index (κ1) is 15.5. The maximum atomic E-state index is 13.9. The predicted molar refractivity (Wildman–Crippen MR) is 89.1 cm³/mol. The Morgan fingerprint density at radius 1 is 1.22 bits per heavy atom. The number of ether oxygens (including phenoxy) is 1. The summed E-state index contributed by atoms with van der Waals surface area (Å²) in [5.41, 5.74) is 3.18. The van der Waals surface area contributed by atoms with E-state index in [1.54, 1.807) is 6.07 Å². The first-order valence-corrected chi connectivity index (χ1v) is 7.69. The molecule has 2 aromatic carbocycles. The van der Waals surface area contributed by atoms with Crippen LogP contribution in [0.15, 0.2) is 36.4 Å². The van der Waals surface area contributed by atoms with E-state index in [1.807, 2.05) is 38.1 Å². The molecule has 0 saturated heterocycles. The summed E-state index contributed by atoms with van der Waals surface area (Å²) >= 11 is 0. The fraction of sp³-hybridized carbons (Fsp3) is 0.316.